The van der Waals surface area contributed by atoms with E-state index in [0.29, 0.717) is 35.7 Å². The van der Waals surface area contributed by atoms with Crippen LogP contribution in [-0.2, 0) is 35.0 Å². The molecule has 0 bridgehead atoms. The van der Waals surface area contributed by atoms with Crippen molar-refractivity contribution < 1.29 is 31.4 Å². The number of aromatic nitrogens is 3. The van der Waals surface area contributed by atoms with E-state index in [2.05, 4.69) is 14.8 Å². The van der Waals surface area contributed by atoms with Crippen LogP contribution in [0.4, 0.5) is 9.18 Å². The Bertz CT molecular complexity index is 1490. The van der Waals surface area contributed by atoms with E-state index >= 15 is 4.39 Å². The van der Waals surface area contributed by atoms with Crippen molar-refractivity contribution in [3.8, 4) is 0 Å². The molecule has 1 aliphatic heterocycles. The van der Waals surface area contributed by atoms with E-state index < -0.39 is 44.2 Å². The Labute approximate surface area is 207 Å². The molecule has 13 heteroatoms. The zero-order valence-corrected chi connectivity index (χ0v) is 21.1. The summed E-state index contributed by atoms with van der Waals surface area (Å²) in [6.07, 6.45) is 6.50. The predicted molar refractivity (Wildman–Crippen MR) is 125 cm³/mol. The molecule has 0 aromatic carbocycles. The number of halogens is 1. The number of hydrogen-bond acceptors (Lipinski definition) is 7. The Morgan fingerprint density at radius 1 is 1.31 bits per heavy atom. The van der Waals surface area contributed by atoms with Gasteiger partial charge in [-0.25, -0.2) is 27.3 Å². The molecule has 11 nitrogen and oxygen atoms in total. The fourth-order valence-corrected chi connectivity index (χ4v) is 5.95. The first kappa shape index (κ1) is 24.3. The Hall–Kier alpha value is -3.45. The van der Waals surface area contributed by atoms with Gasteiger partial charge in [0.2, 0.25) is 10.0 Å². The molecule has 0 spiro atoms. The van der Waals surface area contributed by atoms with E-state index in [9.17, 15) is 18.0 Å². The summed E-state index contributed by atoms with van der Waals surface area (Å²) in [5, 5.41) is 4.08. The van der Waals surface area contributed by atoms with Crippen LogP contribution in [0.5, 0.6) is 0 Å². The van der Waals surface area contributed by atoms with Gasteiger partial charge in [0, 0.05) is 37.3 Å². The average Bonchev–Trinajstić information content (AvgIpc) is 3.20. The first-order valence-electron chi connectivity index (χ1n) is 11.4. The number of aryl methyl sites for hydroxylation is 3. The highest BCUT2D eigenvalue weighted by Crippen LogP contribution is 2.38. The Kier molecular flexibility index (Phi) is 5.59. The van der Waals surface area contributed by atoms with Gasteiger partial charge in [-0.15, -0.1) is 0 Å². The molecular weight excluding hydrogens is 491 g/mol. The topological polar surface area (TPSA) is 130 Å². The minimum Gasteiger partial charge on any atom is -0.442 e. The first-order chi connectivity index (χ1) is 16.9. The molecule has 0 saturated heterocycles. The molecule has 1 saturated carbocycles. The maximum Gasteiger partial charge on any atom is 0.501 e. The molecule has 2 aromatic rings. The third-order valence-corrected chi connectivity index (χ3v) is 8.19. The van der Waals surface area contributed by atoms with Crippen LogP contribution in [0.3, 0.4) is 0 Å². The summed E-state index contributed by atoms with van der Waals surface area (Å²) >= 11 is 0. The van der Waals surface area contributed by atoms with Crippen LogP contribution in [-0.4, -0.2) is 55.8 Å². The molecule has 1 N–H and O–H groups in total. The van der Waals surface area contributed by atoms with Crippen LogP contribution in [0.2, 0.25) is 0 Å². The average molecular weight is 518 g/mol. The lowest BCUT2D eigenvalue weighted by molar-refractivity contribution is -0.459. The summed E-state index contributed by atoms with van der Waals surface area (Å²) in [6.45, 7) is 4.92. The lowest BCUT2D eigenvalue weighted by atomic mass is 9.93. The third-order valence-electron chi connectivity index (χ3n) is 6.52. The van der Waals surface area contributed by atoms with Crippen molar-refractivity contribution in [1.29, 1.82) is 0 Å². The molecule has 5 rings (SSSR count). The molecule has 0 radical (unpaired) electrons. The van der Waals surface area contributed by atoms with Crippen LogP contribution >= 0.6 is 0 Å². The monoisotopic (exact) mass is 517 g/mol. The number of sulfonamides is 1. The van der Waals surface area contributed by atoms with Crippen LogP contribution in [0.1, 0.15) is 42.7 Å². The van der Waals surface area contributed by atoms with Crippen LogP contribution < -0.4 is 4.72 Å². The van der Waals surface area contributed by atoms with Gasteiger partial charge in [-0.1, -0.05) is 0 Å². The fraction of sp³-hybridized carbons (Fsp3) is 0.435. The number of nitrogens with zero attached hydrogens (tertiary/aromatic N) is 5. The zero-order chi connectivity index (χ0) is 26.0. The number of nitrogens with one attached hydrogen (secondary N) is 1. The molecule has 3 heterocycles. The quantitative estimate of drug-likeness (QED) is 0.556. The lowest BCUT2D eigenvalue weighted by Crippen LogP contribution is -2.54. The summed E-state index contributed by atoms with van der Waals surface area (Å²) in [5.74, 6) is -2.12. The number of carbonyl (C=O) groups excluding carboxylic acids is 2. The number of imide groups is 1. The van der Waals surface area contributed by atoms with Crippen LogP contribution in [0.25, 0.3) is 0 Å². The minimum absolute atomic E-state index is 0.0370. The van der Waals surface area contributed by atoms with Crippen molar-refractivity contribution in [2.75, 3.05) is 0 Å². The summed E-state index contributed by atoms with van der Waals surface area (Å²) in [5.41, 5.74) is 0.562. The molecule has 36 heavy (non-hydrogen) atoms. The largest absolute Gasteiger partial charge is 0.501 e. The normalized spacial score (nSPS) is 21.5. The molecule has 3 amide bonds. The van der Waals surface area contributed by atoms with Crippen molar-refractivity contribution in [3.05, 3.63) is 58.2 Å². The smallest absolute Gasteiger partial charge is 0.442 e. The third kappa shape index (κ3) is 4.32. The second-order valence-corrected chi connectivity index (χ2v) is 11.3. The van der Waals surface area contributed by atoms with Crippen molar-refractivity contribution in [3.63, 3.8) is 0 Å². The van der Waals surface area contributed by atoms with E-state index in [1.54, 1.807) is 34.0 Å². The van der Waals surface area contributed by atoms with Gasteiger partial charge in [-0.3, -0.25) is 4.68 Å². The Balaban J connectivity index is 1.59. The molecule has 1 fully saturated rings. The van der Waals surface area contributed by atoms with Gasteiger partial charge in [0.25, 0.3) is 0 Å². The van der Waals surface area contributed by atoms with E-state index in [4.69, 9.17) is 4.42 Å². The Morgan fingerprint density at radius 2 is 2.03 bits per heavy atom. The zero-order valence-electron chi connectivity index (χ0n) is 20.3. The SMILES string of the molecule is Cc1nc(C)c(C[N+]2=C3C=C(F)C(S(=O)(=O)NC4(C)CC4)=CC3C(=O)N(Cc3cnn(C)c3)C2=O)o1. The summed E-state index contributed by atoms with van der Waals surface area (Å²) in [4.78, 5) is 31.6. The van der Waals surface area contributed by atoms with Crippen molar-refractivity contribution >= 4 is 27.7 Å². The minimum atomic E-state index is -4.23. The van der Waals surface area contributed by atoms with Crippen molar-refractivity contribution in [1.82, 2.24) is 24.4 Å². The summed E-state index contributed by atoms with van der Waals surface area (Å²) in [6, 6.07) is -0.684. The number of fused-ring (bicyclic) bond motifs is 1. The number of rotatable bonds is 7. The Morgan fingerprint density at radius 3 is 2.61 bits per heavy atom. The van der Waals surface area contributed by atoms with Gasteiger partial charge in [0.05, 0.1) is 11.9 Å². The summed E-state index contributed by atoms with van der Waals surface area (Å²) in [7, 11) is -2.52. The lowest BCUT2D eigenvalue weighted by Gasteiger charge is -2.28. The maximum atomic E-state index is 15.2. The van der Waals surface area contributed by atoms with E-state index in [-0.39, 0.29) is 18.8 Å². The highest BCUT2D eigenvalue weighted by molar-refractivity contribution is 7.93. The van der Waals surface area contributed by atoms with Crippen molar-refractivity contribution in [2.45, 2.75) is 52.2 Å². The van der Waals surface area contributed by atoms with Gasteiger partial charge in [-0.05, 0) is 32.8 Å². The highest BCUT2D eigenvalue weighted by atomic mass is 32.2. The van der Waals surface area contributed by atoms with E-state index in [1.807, 2.05) is 0 Å². The number of allylic oxidation sites excluding steroid dienone is 2. The first-order valence-corrected chi connectivity index (χ1v) is 12.9. The predicted octanol–water partition coefficient (Wildman–Crippen LogP) is 1.98. The van der Waals surface area contributed by atoms with Crippen LogP contribution in [0.15, 0.2) is 39.7 Å². The second kappa shape index (κ2) is 8.30. The summed E-state index contributed by atoms with van der Waals surface area (Å²) < 4.78 is 52.1. The fourth-order valence-electron chi connectivity index (χ4n) is 4.36. The molecule has 1 unspecified atom stereocenters. The van der Waals surface area contributed by atoms with Gasteiger partial charge < -0.3 is 4.42 Å². The molecule has 1 atom stereocenters. The number of carbonyl (C=O) groups is 2. The van der Waals surface area contributed by atoms with Gasteiger partial charge in [-0.2, -0.15) is 19.4 Å². The molecule has 190 valence electrons. The number of urea groups is 1. The second-order valence-electron chi connectivity index (χ2n) is 9.65. The molecule has 2 aliphatic carbocycles. The number of amides is 3. The maximum absolute atomic E-state index is 15.2. The van der Waals surface area contributed by atoms with Gasteiger partial charge >= 0.3 is 11.9 Å². The molecule has 3 aliphatic rings. The number of oxazole rings is 1. The van der Waals surface area contributed by atoms with Gasteiger partial charge in [0.15, 0.2) is 18.2 Å². The standard InChI is InChI=1S/C23H26FN6O5S/c1-13-19(35-14(2)26-13)12-29-18-8-17(24)20(36(33,34)27-23(3)5-6-23)7-16(18)21(31)30(22(29)32)11-15-9-25-28(4)10-15/h7-10,16,27H,5-6,11-12H2,1-4H3/q+1. The highest BCUT2D eigenvalue weighted by Gasteiger charge is 2.50. The van der Waals surface area contributed by atoms with Crippen LogP contribution in [0, 0.1) is 19.8 Å². The number of hydrogen-bond donors (Lipinski definition) is 1. The van der Waals surface area contributed by atoms with E-state index in [0.717, 1.165) is 17.1 Å². The molecule has 2 aromatic heterocycles. The van der Waals surface area contributed by atoms with Gasteiger partial charge in [0.1, 0.15) is 28.9 Å². The van der Waals surface area contributed by atoms with E-state index in [1.165, 1.54) is 15.5 Å². The molecular formula is C23H26FN6O5S+. The van der Waals surface area contributed by atoms with Crippen molar-refractivity contribution in [2.24, 2.45) is 13.0 Å².